The number of hydrogen-bond donors (Lipinski definition) is 2. The predicted octanol–water partition coefficient (Wildman–Crippen LogP) is 3.20. The number of carbonyl (C=O) groups excluding carboxylic acids is 4. The normalized spacial score (nSPS) is 15.9. The van der Waals surface area contributed by atoms with E-state index in [2.05, 4.69) is 36.4 Å². The molecule has 0 spiro atoms. The third kappa shape index (κ3) is 6.40. The minimum Gasteiger partial charge on any atom is -0.444 e. The van der Waals surface area contributed by atoms with Gasteiger partial charge in [0.1, 0.15) is 12.6 Å². The molecule has 0 aliphatic carbocycles. The fourth-order valence-electron chi connectivity index (χ4n) is 3.66. The molecule has 1 saturated heterocycles. The van der Waals surface area contributed by atoms with Gasteiger partial charge in [0.25, 0.3) is 0 Å². The van der Waals surface area contributed by atoms with Gasteiger partial charge in [-0.3, -0.25) is 30.0 Å². The molecule has 3 rings (SSSR count). The average Bonchev–Trinajstić information content (AvgIpc) is 2.77. The summed E-state index contributed by atoms with van der Waals surface area (Å²) >= 11 is 0. The van der Waals surface area contributed by atoms with E-state index in [1.807, 2.05) is 31.2 Å². The largest absolute Gasteiger partial charge is 0.444 e. The summed E-state index contributed by atoms with van der Waals surface area (Å²) in [6.45, 7) is 8.39. The smallest absolute Gasteiger partial charge is 0.412 e. The third-order valence-corrected chi connectivity index (χ3v) is 5.65. The zero-order chi connectivity index (χ0) is 24.9. The summed E-state index contributed by atoms with van der Waals surface area (Å²) in [5.41, 5.74) is 3.93. The van der Waals surface area contributed by atoms with Crippen molar-refractivity contribution in [3.05, 3.63) is 58.9 Å². The standard InChI is InChI=1S/C25H30N4O5/c1-16-11-17(14-34-24(33)27-19-7-9-21(26-12-19)25(2,3)4)5-6-18(16)13-29(15-30)20-8-10-22(31)28-23(20)32/h5-7,9,11-12,15,20H,8,10,13-14H2,1-4H3,(H,27,33)(H,28,31,32). The van der Waals surface area contributed by atoms with Crippen molar-refractivity contribution in [2.45, 2.75) is 65.1 Å². The van der Waals surface area contributed by atoms with Crippen LogP contribution in [0.25, 0.3) is 0 Å². The van der Waals surface area contributed by atoms with Gasteiger partial charge < -0.3 is 9.64 Å². The molecule has 4 amide bonds. The molecule has 34 heavy (non-hydrogen) atoms. The van der Waals surface area contributed by atoms with Crippen molar-refractivity contribution in [1.82, 2.24) is 15.2 Å². The summed E-state index contributed by atoms with van der Waals surface area (Å²) in [4.78, 5) is 53.0. The molecule has 0 radical (unpaired) electrons. The van der Waals surface area contributed by atoms with Crippen LogP contribution in [0.3, 0.4) is 0 Å². The Morgan fingerprint density at radius 3 is 2.62 bits per heavy atom. The van der Waals surface area contributed by atoms with Gasteiger partial charge in [-0.15, -0.1) is 0 Å². The Morgan fingerprint density at radius 1 is 1.26 bits per heavy atom. The fraction of sp³-hybridized carbons (Fsp3) is 0.400. The summed E-state index contributed by atoms with van der Waals surface area (Å²) in [6, 6.07) is 8.50. The van der Waals surface area contributed by atoms with Crippen LogP contribution in [0.5, 0.6) is 0 Å². The molecule has 2 N–H and O–H groups in total. The number of ether oxygens (including phenoxy) is 1. The van der Waals surface area contributed by atoms with E-state index in [4.69, 9.17) is 4.74 Å². The van der Waals surface area contributed by atoms with Gasteiger partial charge in [-0.05, 0) is 42.2 Å². The van der Waals surface area contributed by atoms with Crippen LogP contribution in [0.4, 0.5) is 10.5 Å². The number of amides is 4. The first-order valence-corrected chi connectivity index (χ1v) is 11.1. The van der Waals surface area contributed by atoms with Crippen molar-refractivity contribution in [1.29, 1.82) is 0 Å². The van der Waals surface area contributed by atoms with Crippen molar-refractivity contribution in [2.24, 2.45) is 0 Å². The molecule has 0 bridgehead atoms. The van der Waals surface area contributed by atoms with E-state index in [-0.39, 0.29) is 30.9 Å². The summed E-state index contributed by atoms with van der Waals surface area (Å²) < 4.78 is 5.32. The Hall–Kier alpha value is -3.75. The number of nitrogens with one attached hydrogen (secondary N) is 2. The number of aryl methyl sites for hydroxylation is 1. The second-order valence-electron chi connectivity index (χ2n) is 9.39. The number of pyridine rings is 1. The summed E-state index contributed by atoms with van der Waals surface area (Å²) in [5.74, 6) is -0.782. The van der Waals surface area contributed by atoms with E-state index in [9.17, 15) is 19.2 Å². The lowest BCUT2D eigenvalue weighted by atomic mass is 9.92. The maximum atomic E-state index is 12.2. The van der Waals surface area contributed by atoms with Gasteiger partial charge in [0, 0.05) is 24.1 Å². The van der Waals surface area contributed by atoms with Crippen LogP contribution in [0, 0.1) is 6.92 Å². The van der Waals surface area contributed by atoms with Crippen LogP contribution in [0.1, 0.15) is 56.0 Å². The summed E-state index contributed by atoms with van der Waals surface area (Å²) in [7, 11) is 0. The van der Waals surface area contributed by atoms with E-state index >= 15 is 0 Å². The average molecular weight is 467 g/mol. The second kappa shape index (κ2) is 10.5. The lowest BCUT2D eigenvalue weighted by molar-refractivity contribution is -0.141. The van der Waals surface area contributed by atoms with Crippen molar-refractivity contribution < 1.29 is 23.9 Å². The number of anilines is 1. The molecule has 1 fully saturated rings. The topological polar surface area (TPSA) is 118 Å². The van der Waals surface area contributed by atoms with Crippen molar-refractivity contribution >= 4 is 30.0 Å². The van der Waals surface area contributed by atoms with Crippen molar-refractivity contribution in [2.75, 3.05) is 5.32 Å². The quantitative estimate of drug-likeness (QED) is 0.478. The SMILES string of the molecule is Cc1cc(COC(=O)Nc2ccc(C(C)(C)C)nc2)ccc1CN(C=O)C1CCC(=O)NC1=O. The molecule has 1 aromatic heterocycles. The first kappa shape index (κ1) is 24.9. The zero-order valence-corrected chi connectivity index (χ0v) is 19.9. The van der Waals surface area contributed by atoms with Gasteiger partial charge in [0.05, 0.1) is 11.9 Å². The van der Waals surface area contributed by atoms with E-state index in [0.29, 0.717) is 18.5 Å². The number of nitrogens with zero attached hydrogens (tertiary/aromatic N) is 2. The fourth-order valence-corrected chi connectivity index (χ4v) is 3.66. The Balaban J connectivity index is 1.55. The number of hydrogen-bond acceptors (Lipinski definition) is 6. The zero-order valence-electron chi connectivity index (χ0n) is 19.9. The molecule has 1 aliphatic heterocycles. The molecular weight excluding hydrogens is 436 g/mol. The highest BCUT2D eigenvalue weighted by atomic mass is 16.5. The Morgan fingerprint density at radius 2 is 2.03 bits per heavy atom. The van der Waals surface area contributed by atoms with Gasteiger partial charge in [-0.25, -0.2) is 4.79 Å². The minimum atomic E-state index is -0.673. The van der Waals surface area contributed by atoms with Crippen LogP contribution in [-0.2, 0) is 37.7 Å². The second-order valence-corrected chi connectivity index (χ2v) is 9.39. The van der Waals surface area contributed by atoms with E-state index < -0.39 is 18.0 Å². The molecule has 9 nitrogen and oxygen atoms in total. The van der Waals surface area contributed by atoms with E-state index in [1.54, 1.807) is 12.3 Å². The number of carbonyl (C=O) groups is 4. The Kier molecular flexibility index (Phi) is 7.65. The lowest BCUT2D eigenvalue weighted by Gasteiger charge is -2.30. The molecule has 2 aromatic rings. The number of imide groups is 1. The van der Waals surface area contributed by atoms with Crippen LogP contribution in [-0.4, -0.2) is 40.2 Å². The Labute approximate surface area is 198 Å². The molecule has 2 heterocycles. The maximum absolute atomic E-state index is 12.2. The van der Waals surface area contributed by atoms with E-state index in [0.717, 1.165) is 22.4 Å². The minimum absolute atomic E-state index is 0.0744. The third-order valence-electron chi connectivity index (χ3n) is 5.65. The predicted molar refractivity (Wildman–Crippen MR) is 126 cm³/mol. The van der Waals surface area contributed by atoms with Crippen LogP contribution < -0.4 is 10.6 Å². The first-order chi connectivity index (χ1) is 16.1. The molecular formula is C25H30N4O5. The lowest BCUT2D eigenvalue weighted by Crippen LogP contribution is -2.51. The highest BCUT2D eigenvalue weighted by Gasteiger charge is 2.31. The van der Waals surface area contributed by atoms with Crippen LogP contribution in [0.2, 0.25) is 0 Å². The monoisotopic (exact) mass is 466 g/mol. The highest BCUT2D eigenvalue weighted by molar-refractivity contribution is 6.00. The summed E-state index contributed by atoms with van der Waals surface area (Å²) in [5, 5.41) is 4.93. The number of piperidine rings is 1. The number of aromatic nitrogens is 1. The van der Waals surface area contributed by atoms with Crippen LogP contribution >= 0.6 is 0 Å². The van der Waals surface area contributed by atoms with Gasteiger partial charge in [0.15, 0.2) is 0 Å². The van der Waals surface area contributed by atoms with Crippen molar-refractivity contribution in [3.8, 4) is 0 Å². The van der Waals surface area contributed by atoms with Crippen LogP contribution in [0.15, 0.2) is 36.5 Å². The molecule has 1 atom stereocenters. The number of benzene rings is 1. The van der Waals surface area contributed by atoms with Gasteiger partial charge in [-0.2, -0.15) is 0 Å². The molecule has 0 saturated carbocycles. The van der Waals surface area contributed by atoms with Crippen molar-refractivity contribution in [3.63, 3.8) is 0 Å². The van der Waals surface area contributed by atoms with E-state index in [1.165, 1.54) is 4.90 Å². The first-order valence-electron chi connectivity index (χ1n) is 11.1. The summed E-state index contributed by atoms with van der Waals surface area (Å²) in [6.07, 6.45) is 2.15. The molecule has 1 unspecified atom stereocenters. The highest BCUT2D eigenvalue weighted by Crippen LogP contribution is 2.21. The molecule has 1 aliphatic rings. The molecule has 9 heteroatoms. The Bertz CT molecular complexity index is 1080. The molecule has 1 aromatic carbocycles. The number of rotatable bonds is 7. The van der Waals surface area contributed by atoms with Gasteiger partial charge in [0.2, 0.25) is 18.2 Å². The maximum Gasteiger partial charge on any atom is 0.412 e. The van der Waals surface area contributed by atoms with Gasteiger partial charge >= 0.3 is 6.09 Å². The van der Waals surface area contributed by atoms with Gasteiger partial charge in [-0.1, -0.05) is 39.0 Å². The molecule has 180 valence electrons.